The van der Waals surface area contributed by atoms with Gasteiger partial charge < -0.3 is 5.73 Å². The predicted octanol–water partition coefficient (Wildman–Crippen LogP) is 4.01. The average molecular weight is 421 g/mol. The van der Waals surface area contributed by atoms with Gasteiger partial charge in [0.2, 0.25) is 0 Å². The molecule has 3 rings (SSSR count). The normalized spacial score (nSPS) is 13.7. The maximum absolute atomic E-state index is 12.2. The summed E-state index contributed by atoms with van der Waals surface area (Å²) in [5, 5.41) is 6.60. The third kappa shape index (κ3) is 4.45. The highest BCUT2D eigenvalue weighted by Crippen LogP contribution is 2.37. The Morgan fingerprint density at radius 3 is 2.68 bits per heavy atom. The topological polar surface area (TPSA) is 87.5 Å². The third-order valence-electron chi connectivity index (χ3n) is 3.87. The molecule has 0 saturated carbocycles. The molecule has 0 radical (unpaired) electrons. The van der Waals surface area contributed by atoms with E-state index in [4.69, 9.17) is 17.3 Å². The van der Waals surface area contributed by atoms with Gasteiger partial charge in [-0.05, 0) is 30.7 Å². The summed E-state index contributed by atoms with van der Waals surface area (Å²) >= 11 is 8.53. The fraction of sp³-hybridized carbons (Fsp3) is 0.333. The molecule has 0 fully saturated rings. The number of anilines is 2. The van der Waals surface area contributed by atoms with Crippen molar-refractivity contribution in [2.75, 3.05) is 23.7 Å². The molecule has 25 heavy (non-hydrogen) atoms. The van der Waals surface area contributed by atoms with Crippen molar-refractivity contribution < 1.29 is 9.59 Å². The van der Waals surface area contributed by atoms with Gasteiger partial charge >= 0.3 is 6.03 Å². The molecule has 3 amide bonds. The van der Waals surface area contributed by atoms with Gasteiger partial charge in [-0.3, -0.25) is 20.3 Å². The molecule has 0 aliphatic carbocycles. The Hall–Kier alpha value is -1.32. The molecule has 3 heterocycles. The van der Waals surface area contributed by atoms with E-state index < -0.39 is 11.9 Å². The number of primary amides is 1. The smallest absolute Gasteiger partial charge is 0.324 e. The number of likely N-dealkylation sites (N-methyl/N-ethyl adjacent to an activating group) is 1. The molecule has 4 N–H and O–H groups in total. The van der Waals surface area contributed by atoms with Crippen molar-refractivity contribution >= 4 is 68.6 Å². The summed E-state index contributed by atoms with van der Waals surface area (Å²) in [5.74, 6) is -0.507. The standard InChI is InChI=1S/C15H17ClN4O2S2.ClH/c1-2-20-6-5-8-9(7-20)23-14(12(8)13(17)21)19-15(22)18-11-4-3-10(16)24-11;/h3-4H,2,5-7H2,1H3,(H2,17,21)(H2,18,19,22);1H. The number of carbonyl (C=O) groups excluding carboxylic acids is 2. The molecule has 1 aliphatic heterocycles. The van der Waals surface area contributed by atoms with Gasteiger partial charge in [-0.15, -0.1) is 35.1 Å². The van der Waals surface area contributed by atoms with Crippen LogP contribution in [-0.4, -0.2) is 29.9 Å². The van der Waals surface area contributed by atoms with E-state index in [1.165, 1.54) is 22.7 Å². The maximum Gasteiger partial charge on any atom is 0.324 e. The van der Waals surface area contributed by atoms with Gasteiger partial charge in [0, 0.05) is 18.0 Å². The van der Waals surface area contributed by atoms with Crippen LogP contribution in [-0.2, 0) is 13.0 Å². The van der Waals surface area contributed by atoms with Gasteiger partial charge in [0.1, 0.15) is 5.00 Å². The van der Waals surface area contributed by atoms with Gasteiger partial charge in [0.05, 0.1) is 14.9 Å². The molecule has 0 spiro atoms. The Morgan fingerprint density at radius 2 is 2.08 bits per heavy atom. The van der Waals surface area contributed by atoms with Crippen LogP contribution in [0.3, 0.4) is 0 Å². The summed E-state index contributed by atoms with van der Waals surface area (Å²) in [7, 11) is 0. The van der Waals surface area contributed by atoms with Crippen LogP contribution in [0.2, 0.25) is 4.34 Å². The van der Waals surface area contributed by atoms with Gasteiger partial charge in [-0.2, -0.15) is 0 Å². The number of hydrogen-bond donors (Lipinski definition) is 3. The predicted molar refractivity (Wildman–Crippen MR) is 107 cm³/mol. The zero-order valence-corrected chi connectivity index (χ0v) is 16.6. The lowest BCUT2D eigenvalue weighted by Crippen LogP contribution is -2.30. The zero-order chi connectivity index (χ0) is 17.3. The van der Waals surface area contributed by atoms with Crippen molar-refractivity contribution in [2.45, 2.75) is 19.9 Å². The molecular weight excluding hydrogens is 403 g/mol. The average Bonchev–Trinajstić information content (AvgIpc) is 3.09. The number of hydrogen-bond acceptors (Lipinski definition) is 5. The fourth-order valence-corrected chi connectivity index (χ4v) is 4.93. The fourth-order valence-electron chi connectivity index (χ4n) is 2.70. The second kappa shape index (κ2) is 8.37. The summed E-state index contributed by atoms with van der Waals surface area (Å²) in [6.07, 6.45) is 0.766. The quantitative estimate of drug-likeness (QED) is 0.697. The van der Waals surface area contributed by atoms with Crippen molar-refractivity contribution in [3.63, 3.8) is 0 Å². The van der Waals surface area contributed by atoms with Crippen LogP contribution >= 0.6 is 46.7 Å². The van der Waals surface area contributed by atoms with E-state index >= 15 is 0 Å². The van der Waals surface area contributed by atoms with E-state index in [9.17, 15) is 9.59 Å². The van der Waals surface area contributed by atoms with E-state index in [2.05, 4.69) is 22.5 Å². The van der Waals surface area contributed by atoms with Gasteiger partial charge in [0.25, 0.3) is 5.91 Å². The van der Waals surface area contributed by atoms with Crippen molar-refractivity contribution in [2.24, 2.45) is 5.73 Å². The van der Waals surface area contributed by atoms with Crippen LogP contribution < -0.4 is 16.4 Å². The first-order chi connectivity index (χ1) is 11.5. The minimum atomic E-state index is -0.507. The number of halogens is 2. The summed E-state index contributed by atoms with van der Waals surface area (Å²) in [6.45, 7) is 4.72. The number of nitrogens with one attached hydrogen (secondary N) is 2. The maximum atomic E-state index is 12.2. The van der Waals surface area contributed by atoms with E-state index in [1.54, 1.807) is 12.1 Å². The SMILES string of the molecule is CCN1CCc2c(sc(NC(=O)Nc3ccc(Cl)s3)c2C(N)=O)C1.Cl. The molecule has 0 atom stereocenters. The van der Waals surface area contributed by atoms with Crippen LogP contribution in [0.15, 0.2) is 12.1 Å². The molecule has 0 unspecified atom stereocenters. The number of carbonyl (C=O) groups is 2. The number of rotatable bonds is 4. The molecule has 10 heteroatoms. The highest BCUT2D eigenvalue weighted by molar-refractivity contribution is 7.20. The van der Waals surface area contributed by atoms with Gasteiger partial charge in [0.15, 0.2) is 0 Å². The van der Waals surface area contributed by atoms with Crippen LogP contribution in [0.5, 0.6) is 0 Å². The molecule has 0 saturated heterocycles. The molecule has 136 valence electrons. The number of nitrogens with zero attached hydrogens (tertiary/aromatic N) is 1. The lowest BCUT2D eigenvalue weighted by Gasteiger charge is -2.25. The molecule has 2 aromatic rings. The summed E-state index contributed by atoms with van der Waals surface area (Å²) in [4.78, 5) is 27.4. The van der Waals surface area contributed by atoms with Crippen molar-refractivity contribution in [3.05, 3.63) is 32.5 Å². The summed E-state index contributed by atoms with van der Waals surface area (Å²) < 4.78 is 0.592. The molecule has 2 aromatic heterocycles. The molecule has 6 nitrogen and oxygen atoms in total. The van der Waals surface area contributed by atoms with Crippen molar-refractivity contribution in [1.29, 1.82) is 0 Å². The highest BCUT2D eigenvalue weighted by atomic mass is 35.5. The second-order valence-electron chi connectivity index (χ2n) is 5.37. The lowest BCUT2D eigenvalue weighted by molar-refractivity contribution is 0.1000. The second-order valence-corrected chi connectivity index (χ2v) is 8.19. The van der Waals surface area contributed by atoms with Crippen LogP contribution in [0, 0.1) is 0 Å². The number of thiophene rings is 2. The van der Waals surface area contributed by atoms with E-state index in [0.717, 1.165) is 36.5 Å². The monoisotopic (exact) mass is 420 g/mol. The van der Waals surface area contributed by atoms with Crippen LogP contribution in [0.1, 0.15) is 27.7 Å². The van der Waals surface area contributed by atoms with E-state index in [1.807, 2.05) is 0 Å². The van der Waals surface area contributed by atoms with Crippen LogP contribution in [0.25, 0.3) is 0 Å². The minimum Gasteiger partial charge on any atom is -0.365 e. The largest absolute Gasteiger partial charge is 0.365 e. The number of nitrogens with two attached hydrogens (primary N) is 1. The molecule has 1 aliphatic rings. The number of fused-ring (bicyclic) bond motifs is 1. The first-order valence-corrected chi connectivity index (χ1v) is 9.49. The van der Waals surface area contributed by atoms with Crippen molar-refractivity contribution in [3.8, 4) is 0 Å². The lowest BCUT2D eigenvalue weighted by atomic mass is 10.0. The van der Waals surface area contributed by atoms with Gasteiger partial charge in [-0.1, -0.05) is 18.5 Å². The first-order valence-electron chi connectivity index (χ1n) is 7.48. The first kappa shape index (κ1) is 20.0. The molecule has 0 aromatic carbocycles. The zero-order valence-electron chi connectivity index (χ0n) is 13.4. The Morgan fingerprint density at radius 1 is 1.32 bits per heavy atom. The Kier molecular flexibility index (Phi) is 6.70. The third-order valence-corrected chi connectivity index (χ3v) is 6.15. The minimum absolute atomic E-state index is 0. The Bertz CT molecular complexity index is 791. The number of amides is 3. The number of urea groups is 1. The highest BCUT2D eigenvalue weighted by Gasteiger charge is 2.27. The van der Waals surface area contributed by atoms with E-state index in [0.29, 0.717) is 19.9 Å². The van der Waals surface area contributed by atoms with Crippen LogP contribution in [0.4, 0.5) is 14.8 Å². The Balaban J connectivity index is 0.00000225. The van der Waals surface area contributed by atoms with E-state index in [-0.39, 0.29) is 12.4 Å². The summed E-state index contributed by atoms with van der Waals surface area (Å²) in [5.41, 5.74) is 6.95. The summed E-state index contributed by atoms with van der Waals surface area (Å²) in [6, 6.07) is 3.02. The van der Waals surface area contributed by atoms with Crippen molar-refractivity contribution in [1.82, 2.24) is 4.90 Å². The van der Waals surface area contributed by atoms with Gasteiger partial charge in [-0.25, -0.2) is 4.79 Å². The molecular formula is C15H18Cl2N4O2S2. The Labute approximate surface area is 164 Å². The molecule has 0 bridgehead atoms.